The van der Waals surface area contributed by atoms with Crippen LogP contribution < -0.4 is 16.0 Å². The van der Waals surface area contributed by atoms with Gasteiger partial charge in [0.15, 0.2) is 0 Å². The van der Waals surface area contributed by atoms with E-state index in [1.165, 1.54) is 0 Å². The fourth-order valence-electron chi connectivity index (χ4n) is 0.736. The summed E-state index contributed by atoms with van der Waals surface area (Å²) in [6.45, 7) is 9.14. The lowest BCUT2D eigenvalue weighted by Crippen LogP contribution is -2.37. The van der Waals surface area contributed by atoms with Crippen molar-refractivity contribution in [1.29, 1.82) is 0 Å². The molecule has 0 radical (unpaired) electrons. The van der Waals surface area contributed by atoms with E-state index >= 15 is 0 Å². The van der Waals surface area contributed by atoms with Crippen LogP contribution in [-0.2, 0) is 4.74 Å². The molecular weight excluding hydrogens is 194 g/mol. The number of hydrogen-bond donors (Lipinski definition) is 3. The van der Waals surface area contributed by atoms with E-state index in [1.807, 2.05) is 27.8 Å². The van der Waals surface area contributed by atoms with Crippen molar-refractivity contribution >= 4 is 6.03 Å². The summed E-state index contributed by atoms with van der Waals surface area (Å²) in [6, 6.07) is -0.139. The minimum Gasteiger partial charge on any atom is -0.378 e. The van der Waals surface area contributed by atoms with Crippen LogP contribution in [0.25, 0.3) is 0 Å². The average Bonchev–Trinajstić information content (AvgIpc) is 2.26. The summed E-state index contributed by atoms with van der Waals surface area (Å²) in [5.41, 5.74) is 0. The van der Waals surface area contributed by atoms with Gasteiger partial charge >= 0.3 is 6.03 Å². The van der Waals surface area contributed by atoms with Crippen molar-refractivity contribution in [2.45, 2.75) is 20.8 Å². The lowest BCUT2D eigenvalue weighted by molar-refractivity contribution is 0.139. The molecule has 0 aromatic rings. The van der Waals surface area contributed by atoms with Gasteiger partial charge in [0.25, 0.3) is 0 Å². The highest BCUT2D eigenvalue weighted by Gasteiger charge is 1.95. The fourth-order valence-corrected chi connectivity index (χ4v) is 0.736. The van der Waals surface area contributed by atoms with E-state index in [1.54, 1.807) is 0 Å². The van der Waals surface area contributed by atoms with Gasteiger partial charge in [-0.2, -0.15) is 0 Å². The third kappa shape index (κ3) is 15.9. The summed E-state index contributed by atoms with van der Waals surface area (Å²) < 4.78 is 5.20. The zero-order chi connectivity index (χ0) is 11.9. The molecule has 2 amide bonds. The third-order valence-corrected chi connectivity index (χ3v) is 1.37. The van der Waals surface area contributed by atoms with Gasteiger partial charge in [-0.3, -0.25) is 0 Å². The van der Waals surface area contributed by atoms with Crippen LogP contribution in [0, 0.1) is 0 Å². The molecule has 5 heteroatoms. The van der Waals surface area contributed by atoms with Gasteiger partial charge in [0.05, 0.1) is 13.2 Å². The summed E-state index contributed by atoms with van der Waals surface area (Å²) in [4.78, 5) is 10.8. The molecule has 15 heavy (non-hydrogen) atoms. The Balaban J connectivity index is 0. The van der Waals surface area contributed by atoms with Crippen molar-refractivity contribution in [3.63, 3.8) is 0 Å². The predicted octanol–water partition coefficient (Wildman–Crippen LogP) is 0.568. The summed E-state index contributed by atoms with van der Waals surface area (Å²) in [7, 11) is 1.87. The molecule has 0 aromatic carbocycles. The van der Waals surface area contributed by atoms with E-state index < -0.39 is 0 Å². The molecular formula is C10H25N3O2. The van der Waals surface area contributed by atoms with Gasteiger partial charge in [0.2, 0.25) is 0 Å². The Morgan fingerprint density at radius 2 is 1.73 bits per heavy atom. The van der Waals surface area contributed by atoms with E-state index in [0.29, 0.717) is 26.3 Å². The number of amides is 2. The molecule has 0 rings (SSSR count). The Bertz CT molecular complexity index is 132. The van der Waals surface area contributed by atoms with Crippen LogP contribution in [0.15, 0.2) is 0 Å². The molecule has 0 spiro atoms. The minimum absolute atomic E-state index is 0.139. The molecule has 0 unspecified atom stereocenters. The number of hydrogen-bond acceptors (Lipinski definition) is 3. The molecule has 3 N–H and O–H groups in total. The van der Waals surface area contributed by atoms with Crippen LogP contribution in [0.2, 0.25) is 0 Å². The first-order valence-electron chi connectivity index (χ1n) is 5.55. The Hall–Kier alpha value is -0.810. The summed E-state index contributed by atoms with van der Waals surface area (Å²) in [5.74, 6) is 0. The van der Waals surface area contributed by atoms with E-state index in [-0.39, 0.29) is 6.03 Å². The Morgan fingerprint density at radius 1 is 1.13 bits per heavy atom. The van der Waals surface area contributed by atoms with Crippen LogP contribution in [-0.4, -0.2) is 45.9 Å². The number of carbonyl (C=O) groups excluding carboxylic acids is 1. The quantitative estimate of drug-likeness (QED) is 0.549. The first-order valence-corrected chi connectivity index (χ1v) is 5.55. The van der Waals surface area contributed by atoms with Crippen molar-refractivity contribution in [2.24, 2.45) is 0 Å². The van der Waals surface area contributed by atoms with Gasteiger partial charge in [-0.1, -0.05) is 13.8 Å². The van der Waals surface area contributed by atoms with Gasteiger partial charge in [-0.15, -0.1) is 0 Å². The number of rotatable bonds is 7. The molecule has 92 valence electrons. The number of carbonyl (C=O) groups is 1. The number of nitrogens with one attached hydrogen (secondary N) is 3. The maximum Gasteiger partial charge on any atom is 0.314 e. The lowest BCUT2D eigenvalue weighted by Gasteiger charge is -2.06. The molecule has 0 saturated heterocycles. The summed E-state index contributed by atoms with van der Waals surface area (Å²) in [6.07, 6.45) is 0. The lowest BCUT2D eigenvalue weighted by atomic mass is 10.6. The largest absolute Gasteiger partial charge is 0.378 e. The van der Waals surface area contributed by atoms with E-state index in [4.69, 9.17) is 4.74 Å². The van der Waals surface area contributed by atoms with Gasteiger partial charge in [0.1, 0.15) is 0 Å². The van der Waals surface area contributed by atoms with Crippen molar-refractivity contribution in [3.8, 4) is 0 Å². The van der Waals surface area contributed by atoms with Crippen molar-refractivity contribution in [1.82, 2.24) is 16.0 Å². The van der Waals surface area contributed by atoms with Crippen molar-refractivity contribution in [2.75, 3.05) is 39.9 Å². The van der Waals surface area contributed by atoms with Gasteiger partial charge in [0, 0.05) is 19.6 Å². The van der Waals surface area contributed by atoms with E-state index in [9.17, 15) is 4.79 Å². The van der Waals surface area contributed by atoms with Gasteiger partial charge in [-0.05, 0) is 14.0 Å². The van der Waals surface area contributed by atoms with Crippen molar-refractivity contribution in [3.05, 3.63) is 0 Å². The number of likely N-dealkylation sites (N-methyl/N-ethyl adjacent to an activating group) is 1. The first-order chi connectivity index (χ1) is 7.31. The summed E-state index contributed by atoms with van der Waals surface area (Å²) >= 11 is 0. The maximum absolute atomic E-state index is 10.8. The zero-order valence-electron chi connectivity index (χ0n) is 10.4. The zero-order valence-corrected chi connectivity index (χ0v) is 10.4. The first kappa shape index (κ1) is 16.6. The Labute approximate surface area is 93.0 Å². The van der Waals surface area contributed by atoms with Crippen LogP contribution in [0.3, 0.4) is 0 Å². The molecule has 0 aromatic heterocycles. The maximum atomic E-state index is 10.8. The Morgan fingerprint density at radius 3 is 2.27 bits per heavy atom. The highest BCUT2D eigenvalue weighted by atomic mass is 16.5. The van der Waals surface area contributed by atoms with Gasteiger partial charge < -0.3 is 20.7 Å². The molecule has 0 fully saturated rings. The molecule has 0 atom stereocenters. The van der Waals surface area contributed by atoms with Crippen molar-refractivity contribution < 1.29 is 9.53 Å². The summed E-state index contributed by atoms with van der Waals surface area (Å²) in [5, 5.41) is 8.26. The van der Waals surface area contributed by atoms with Crippen LogP contribution in [0.1, 0.15) is 20.8 Å². The fraction of sp³-hybridized carbons (Fsp3) is 0.900. The second kappa shape index (κ2) is 15.7. The smallest absolute Gasteiger partial charge is 0.314 e. The van der Waals surface area contributed by atoms with E-state index in [0.717, 1.165) is 6.54 Å². The second-order valence-electron chi connectivity index (χ2n) is 2.50. The van der Waals surface area contributed by atoms with Crippen LogP contribution in [0.5, 0.6) is 0 Å². The molecule has 0 aliphatic heterocycles. The van der Waals surface area contributed by atoms with Crippen LogP contribution in [0.4, 0.5) is 4.79 Å². The average molecular weight is 219 g/mol. The standard InChI is InChI=1S/C8H19N3O2.C2H6/c1-3-10-8(12)11-5-7-13-6-4-9-2;1-2/h9H,3-7H2,1-2H3,(H2,10,11,12);1-2H3. The normalized spacial score (nSPS) is 8.80. The van der Waals surface area contributed by atoms with Gasteiger partial charge in [-0.25, -0.2) is 4.79 Å². The topological polar surface area (TPSA) is 62.4 Å². The highest BCUT2D eigenvalue weighted by molar-refractivity contribution is 5.73. The molecule has 5 nitrogen and oxygen atoms in total. The molecule has 0 aliphatic rings. The monoisotopic (exact) mass is 219 g/mol. The van der Waals surface area contributed by atoms with Crippen LogP contribution >= 0.6 is 0 Å². The second-order valence-corrected chi connectivity index (χ2v) is 2.50. The highest BCUT2D eigenvalue weighted by Crippen LogP contribution is 1.72. The number of urea groups is 1. The predicted molar refractivity (Wildman–Crippen MR) is 63.2 cm³/mol. The minimum atomic E-state index is -0.139. The molecule has 0 heterocycles. The van der Waals surface area contributed by atoms with E-state index in [2.05, 4.69) is 16.0 Å². The SMILES string of the molecule is CC.CCNC(=O)NCCOCCNC. The molecule has 0 bridgehead atoms. The molecule has 0 saturated carbocycles. The third-order valence-electron chi connectivity index (χ3n) is 1.37. The number of ether oxygens (including phenoxy) is 1. The molecule has 0 aliphatic carbocycles. The Kier molecular flexibility index (Phi) is 17.3.